The summed E-state index contributed by atoms with van der Waals surface area (Å²) in [5.74, 6) is 0.174. The maximum atomic E-state index is 12.2. The number of carbonyl (C=O) groups excluding carboxylic acids is 1. The fourth-order valence-electron chi connectivity index (χ4n) is 2.55. The summed E-state index contributed by atoms with van der Waals surface area (Å²) in [7, 11) is 3.83. The zero-order valence-corrected chi connectivity index (χ0v) is 13.8. The quantitative estimate of drug-likeness (QED) is 0.860. The van der Waals surface area contributed by atoms with Crippen LogP contribution in [0.5, 0.6) is 0 Å². The number of amides is 1. The van der Waals surface area contributed by atoms with E-state index in [1.165, 1.54) is 0 Å². The van der Waals surface area contributed by atoms with Gasteiger partial charge in [-0.1, -0.05) is 18.5 Å². The lowest BCUT2D eigenvalue weighted by molar-refractivity contribution is -0.132. The van der Waals surface area contributed by atoms with E-state index >= 15 is 0 Å². The lowest BCUT2D eigenvalue weighted by atomic mass is 10.3. The van der Waals surface area contributed by atoms with Gasteiger partial charge in [-0.05, 0) is 13.5 Å². The summed E-state index contributed by atoms with van der Waals surface area (Å²) >= 11 is 6.35. The summed E-state index contributed by atoms with van der Waals surface area (Å²) in [6, 6.07) is 0. The SMILES string of the molecule is CCc1nn(C)c(CN(C)CC(=O)N2CCNCC2)c1Cl. The summed E-state index contributed by atoms with van der Waals surface area (Å²) < 4.78 is 1.81. The van der Waals surface area contributed by atoms with Gasteiger partial charge in [0.2, 0.25) is 5.91 Å². The summed E-state index contributed by atoms with van der Waals surface area (Å²) in [4.78, 5) is 16.1. The van der Waals surface area contributed by atoms with E-state index in [2.05, 4.69) is 10.4 Å². The van der Waals surface area contributed by atoms with Crippen molar-refractivity contribution in [2.75, 3.05) is 39.8 Å². The predicted octanol–water partition coefficient (Wildman–Crippen LogP) is 0.500. The largest absolute Gasteiger partial charge is 0.339 e. The summed E-state index contributed by atoms with van der Waals surface area (Å²) in [5, 5.41) is 8.38. The average molecular weight is 314 g/mol. The van der Waals surface area contributed by atoms with Gasteiger partial charge in [-0.25, -0.2) is 0 Å². The third-order valence-electron chi connectivity index (χ3n) is 3.80. The number of carbonyl (C=O) groups is 1. The van der Waals surface area contributed by atoms with Crippen molar-refractivity contribution in [3.63, 3.8) is 0 Å². The highest BCUT2D eigenvalue weighted by Crippen LogP contribution is 2.21. The van der Waals surface area contributed by atoms with Gasteiger partial charge in [0, 0.05) is 39.8 Å². The fourth-order valence-corrected chi connectivity index (χ4v) is 2.90. The van der Waals surface area contributed by atoms with E-state index in [0.29, 0.717) is 13.1 Å². The second-order valence-corrected chi connectivity index (χ2v) is 5.87. The van der Waals surface area contributed by atoms with Crippen LogP contribution in [-0.4, -0.2) is 65.3 Å². The first-order chi connectivity index (χ1) is 10.0. The Morgan fingerprint density at radius 3 is 2.67 bits per heavy atom. The van der Waals surface area contributed by atoms with E-state index in [9.17, 15) is 4.79 Å². The molecular formula is C14H24ClN5O. The lowest BCUT2D eigenvalue weighted by Gasteiger charge is -2.29. The highest BCUT2D eigenvalue weighted by molar-refractivity contribution is 6.31. The minimum atomic E-state index is 0.174. The van der Waals surface area contributed by atoms with Gasteiger partial charge < -0.3 is 10.2 Å². The molecule has 6 nitrogen and oxygen atoms in total. The molecule has 0 aliphatic carbocycles. The van der Waals surface area contributed by atoms with Crippen molar-refractivity contribution < 1.29 is 4.79 Å². The maximum absolute atomic E-state index is 12.2. The Bertz CT molecular complexity index is 496. The van der Waals surface area contributed by atoms with E-state index in [1.807, 2.05) is 35.5 Å². The highest BCUT2D eigenvalue weighted by Gasteiger charge is 2.20. The lowest BCUT2D eigenvalue weighted by Crippen LogP contribution is -2.49. The summed E-state index contributed by atoms with van der Waals surface area (Å²) in [6.45, 7) is 6.41. The van der Waals surface area contributed by atoms with Crippen LogP contribution in [0.2, 0.25) is 5.02 Å². The number of likely N-dealkylation sites (N-methyl/N-ethyl adjacent to an activating group) is 1. The van der Waals surface area contributed by atoms with Crippen molar-refractivity contribution in [2.45, 2.75) is 19.9 Å². The van der Waals surface area contributed by atoms with E-state index in [-0.39, 0.29) is 5.91 Å². The molecule has 118 valence electrons. The minimum Gasteiger partial charge on any atom is -0.339 e. The molecular weight excluding hydrogens is 290 g/mol. The van der Waals surface area contributed by atoms with E-state index < -0.39 is 0 Å². The van der Waals surface area contributed by atoms with Gasteiger partial charge in [-0.2, -0.15) is 5.10 Å². The first kappa shape index (κ1) is 16.3. The molecule has 2 heterocycles. The van der Waals surface area contributed by atoms with Crippen LogP contribution in [0.3, 0.4) is 0 Å². The van der Waals surface area contributed by atoms with Crippen LogP contribution in [-0.2, 0) is 24.8 Å². The van der Waals surface area contributed by atoms with Crippen molar-refractivity contribution in [1.29, 1.82) is 0 Å². The monoisotopic (exact) mass is 313 g/mol. The molecule has 0 unspecified atom stereocenters. The zero-order chi connectivity index (χ0) is 15.4. The molecule has 0 atom stereocenters. The van der Waals surface area contributed by atoms with Gasteiger partial charge in [0.1, 0.15) is 0 Å². The van der Waals surface area contributed by atoms with Crippen molar-refractivity contribution >= 4 is 17.5 Å². The Morgan fingerprint density at radius 2 is 2.10 bits per heavy atom. The second kappa shape index (κ2) is 7.24. The van der Waals surface area contributed by atoms with E-state index in [0.717, 1.165) is 49.0 Å². The van der Waals surface area contributed by atoms with Gasteiger partial charge in [0.25, 0.3) is 0 Å². The molecule has 1 fully saturated rings. The number of aromatic nitrogens is 2. The third-order valence-corrected chi connectivity index (χ3v) is 4.23. The van der Waals surface area contributed by atoms with Crippen LogP contribution >= 0.6 is 11.6 Å². The molecule has 1 aromatic rings. The molecule has 0 spiro atoms. The van der Waals surface area contributed by atoms with Crippen molar-refractivity contribution in [1.82, 2.24) is 24.9 Å². The van der Waals surface area contributed by atoms with Crippen LogP contribution in [0.1, 0.15) is 18.3 Å². The Balaban J connectivity index is 1.93. The third kappa shape index (κ3) is 3.96. The first-order valence-electron chi connectivity index (χ1n) is 7.40. The van der Waals surface area contributed by atoms with Crippen molar-refractivity contribution in [3.8, 4) is 0 Å². The maximum Gasteiger partial charge on any atom is 0.236 e. The number of nitrogens with one attached hydrogen (secondary N) is 1. The normalized spacial score (nSPS) is 15.8. The molecule has 1 aromatic heterocycles. The van der Waals surface area contributed by atoms with Crippen LogP contribution < -0.4 is 5.32 Å². The molecule has 0 bridgehead atoms. The minimum absolute atomic E-state index is 0.174. The number of halogens is 1. The molecule has 0 aromatic carbocycles. The fraction of sp³-hybridized carbons (Fsp3) is 0.714. The predicted molar refractivity (Wildman–Crippen MR) is 83.4 cm³/mol. The Morgan fingerprint density at radius 1 is 1.43 bits per heavy atom. The van der Waals surface area contributed by atoms with Gasteiger partial charge in [-0.3, -0.25) is 14.4 Å². The number of rotatable bonds is 5. The number of aryl methyl sites for hydroxylation is 2. The first-order valence-corrected chi connectivity index (χ1v) is 7.78. The zero-order valence-electron chi connectivity index (χ0n) is 13.0. The topological polar surface area (TPSA) is 53.4 Å². The molecule has 1 aliphatic heterocycles. The highest BCUT2D eigenvalue weighted by atomic mass is 35.5. The molecule has 2 rings (SSSR count). The van der Waals surface area contributed by atoms with Crippen molar-refractivity contribution in [2.24, 2.45) is 7.05 Å². The molecule has 0 radical (unpaired) electrons. The van der Waals surface area contributed by atoms with Crippen LogP contribution in [0.25, 0.3) is 0 Å². The van der Waals surface area contributed by atoms with Crippen molar-refractivity contribution in [3.05, 3.63) is 16.4 Å². The van der Waals surface area contributed by atoms with E-state index in [1.54, 1.807) is 0 Å². The standard InChI is InChI=1S/C14H24ClN5O/c1-4-11-14(15)12(19(3)17-11)9-18(2)10-13(21)20-7-5-16-6-8-20/h16H,4-10H2,1-3H3. The van der Waals surface area contributed by atoms with Gasteiger partial charge in [0.15, 0.2) is 0 Å². The van der Waals surface area contributed by atoms with E-state index in [4.69, 9.17) is 11.6 Å². The summed E-state index contributed by atoms with van der Waals surface area (Å²) in [6.07, 6.45) is 0.816. The average Bonchev–Trinajstić information content (AvgIpc) is 2.75. The molecule has 1 aliphatic rings. The summed E-state index contributed by atoms with van der Waals surface area (Å²) in [5.41, 5.74) is 1.88. The molecule has 7 heteroatoms. The number of piperazine rings is 1. The molecule has 1 amide bonds. The van der Waals surface area contributed by atoms with Crippen LogP contribution in [0.15, 0.2) is 0 Å². The molecule has 1 N–H and O–H groups in total. The van der Waals surface area contributed by atoms with Gasteiger partial charge in [-0.15, -0.1) is 0 Å². The Kier molecular flexibility index (Phi) is 5.61. The second-order valence-electron chi connectivity index (χ2n) is 5.49. The Labute approximate surface area is 131 Å². The number of nitrogens with zero attached hydrogens (tertiary/aromatic N) is 4. The number of hydrogen-bond donors (Lipinski definition) is 1. The molecule has 21 heavy (non-hydrogen) atoms. The number of hydrogen-bond acceptors (Lipinski definition) is 4. The molecule has 0 saturated carbocycles. The Hall–Kier alpha value is -1.11. The van der Waals surface area contributed by atoms with Gasteiger partial charge in [0.05, 0.1) is 23.0 Å². The van der Waals surface area contributed by atoms with Crippen LogP contribution in [0.4, 0.5) is 0 Å². The molecule has 1 saturated heterocycles. The van der Waals surface area contributed by atoms with Gasteiger partial charge >= 0.3 is 0 Å². The smallest absolute Gasteiger partial charge is 0.236 e. The van der Waals surface area contributed by atoms with Crippen LogP contribution in [0, 0.1) is 0 Å².